The highest BCUT2D eigenvalue weighted by atomic mass is 16.6. The number of hydrogen-bond acceptors (Lipinski definition) is 8. The van der Waals surface area contributed by atoms with Crippen molar-refractivity contribution in [3.63, 3.8) is 0 Å². The van der Waals surface area contributed by atoms with Gasteiger partial charge in [0.15, 0.2) is 5.82 Å². The zero-order chi connectivity index (χ0) is 24.4. The number of aromatic nitrogens is 5. The number of nitrogens with zero attached hydrogens (tertiary/aromatic N) is 4. The van der Waals surface area contributed by atoms with E-state index in [1.807, 2.05) is 27.0 Å². The molecule has 1 unspecified atom stereocenters. The number of carbonyl (C=O) groups is 1. The Bertz CT molecular complexity index is 1170. The van der Waals surface area contributed by atoms with E-state index in [4.69, 9.17) is 14.2 Å². The number of nitrogens with one attached hydrogen (secondary N) is 3. The van der Waals surface area contributed by atoms with Crippen molar-refractivity contribution in [3.8, 4) is 5.88 Å². The number of aryl methyl sites for hydroxylation is 1. The Kier molecular flexibility index (Phi) is 6.76. The monoisotopic (exact) mass is 483 g/mol. The second-order valence-corrected chi connectivity index (χ2v) is 9.72. The topological polar surface area (TPSA) is 128 Å². The Morgan fingerprint density at radius 1 is 1.31 bits per heavy atom. The van der Waals surface area contributed by atoms with E-state index in [1.54, 1.807) is 17.1 Å². The highest BCUT2D eigenvalue weighted by molar-refractivity contribution is 5.94. The summed E-state index contributed by atoms with van der Waals surface area (Å²) in [6.07, 6.45) is 6.67. The van der Waals surface area contributed by atoms with Crippen LogP contribution in [0.1, 0.15) is 51.1 Å². The summed E-state index contributed by atoms with van der Waals surface area (Å²) in [5.41, 5.74) is 2.72. The molecule has 1 saturated carbocycles. The van der Waals surface area contributed by atoms with Gasteiger partial charge in [0.25, 0.3) is 0 Å². The minimum atomic E-state index is -0.352. The number of pyridine rings is 1. The van der Waals surface area contributed by atoms with Gasteiger partial charge in [-0.05, 0) is 39.5 Å². The van der Waals surface area contributed by atoms with Crippen molar-refractivity contribution >= 4 is 28.5 Å². The standard InChI is InChI=1S/C24H33N7O4/c1-14(2)26-24(32)35-17-5-4-16(8-17)19-9-21(29-28-19)27-20-11-25-10-18-22(20)31(3)30-23(18)34-13-15-6-7-33-12-15/h9-11,14-17H,4-8,12-13H2,1-3H3,(H,26,32)(H2,27,28,29)/t15?,16-,17+/m0/s1. The number of carbonyl (C=O) groups excluding carboxylic acids is 1. The van der Waals surface area contributed by atoms with E-state index in [1.165, 1.54) is 0 Å². The fourth-order valence-corrected chi connectivity index (χ4v) is 4.81. The molecule has 0 spiro atoms. The van der Waals surface area contributed by atoms with Crippen LogP contribution in [0.15, 0.2) is 18.5 Å². The fraction of sp³-hybridized carbons (Fsp3) is 0.583. The van der Waals surface area contributed by atoms with Crippen LogP contribution in [-0.4, -0.2) is 63.0 Å². The van der Waals surface area contributed by atoms with Crippen molar-refractivity contribution in [2.24, 2.45) is 13.0 Å². The molecule has 1 aliphatic carbocycles. The van der Waals surface area contributed by atoms with Crippen LogP contribution in [0, 0.1) is 5.92 Å². The lowest BCUT2D eigenvalue weighted by Crippen LogP contribution is -2.33. The van der Waals surface area contributed by atoms with Gasteiger partial charge in [0.1, 0.15) is 6.10 Å². The summed E-state index contributed by atoms with van der Waals surface area (Å²) in [5, 5.41) is 19.2. The van der Waals surface area contributed by atoms with Crippen LogP contribution < -0.4 is 15.4 Å². The molecule has 0 bridgehead atoms. The first kappa shape index (κ1) is 23.4. The van der Waals surface area contributed by atoms with E-state index >= 15 is 0 Å². The summed E-state index contributed by atoms with van der Waals surface area (Å²) in [6.45, 7) is 5.94. The Hall–Kier alpha value is -3.34. The number of fused-ring (bicyclic) bond motifs is 1. The van der Waals surface area contributed by atoms with Crippen molar-refractivity contribution in [2.75, 3.05) is 25.1 Å². The van der Waals surface area contributed by atoms with Gasteiger partial charge in [-0.1, -0.05) is 0 Å². The molecule has 1 amide bonds. The van der Waals surface area contributed by atoms with Gasteiger partial charge < -0.3 is 24.8 Å². The summed E-state index contributed by atoms with van der Waals surface area (Å²) in [7, 11) is 1.89. The zero-order valence-electron chi connectivity index (χ0n) is 20.4. The SMILES string of the molecule is CC(C)NC(=O)O[C@@H]1CC[C@H](c2cc(Nc3cncc4c(OCC5CCOC5)nn(C)c34)n[nH]2)C1. The molecule has 2 fully saturated rings. The second kappa shape index (κ2) is 10.1. The second-order valence-electron chi connectivity index (χ2n) is 9.72. The lowest BCUT2D eigenvalue weighted by Gasteiger charge is -2.14. The van der Waals surface area contributed by atoms with Gasteiger partial charge >= 0.3 is 6.09 Å². The van der Waals surface area contributed by atoms with Crippen molar-refractivity contribution < 1.29 is 19.0 Å². The maximum absolute atomic E-state index is 11.9. The third-order valence-corrected chi connectivity index (χ3v) is 6.56. The lowest BCUT2D eigenvalue weighted by molar-refractivity contribution is 0.0981. The van der Waals surface area contributed by atoms with Crippen molar-refractivity contribution in [2.45, 2.75) is 57.6 Å². The molecule has 3 atom stereocenters. The van der Waals surface area contributed by atoms with Gasteiger partial charge in [-0.2, -0.15) is 5.10 Å². The van der Waals surface area contributed by atoms with Crippen molar-refractivity contribution in [1.29, 1.82) is 0 Å². The highest BCUT2D eigenvalue weighted by Crippen LogP contribution is 2.37. The number of hydrogen-bond donors (Lipinski definition) is 3. The molecular formula is C24H33N7O4. The summed E-state index contributed by atoms with van der Waals surface area (Å²) >= 11 is 0. The van der Waals surface area contributed by atoms with Crippen LogP contribution in [0.4, 0.5) is 16.3 Å². The predicted octanol–water partition coefficient (Wildman–Crippen LogP) is 3.62. The predicted molar refractivity (Wildman–Crippen MR) is 130 cm³/mol. The van der Waals surface area contributed by atoms with Crippen molar-refractivity contribution in [1.82, 2.24) is 30.3 Å². The number of alkyl carbamates (subject to hydrolysis) is 1. The first-order chi connectivity index (χ1) is 17.0. The van der Waals surface area contributed by atoms with E-state index in [0.717, 1.165) is 61.2 Å². The first-order valence-electron chi connectivity index (χ1n) is 12.3. The van der Waals surface area contributed by atoms with Gasteiger partial charge in [-0.3, -0.25) is 14.8 Å². The Balaban J connectivity index is 1.24. The molecule has 0 radical (unpaired) electrons. The maximum atomic E-state index is 11.9. The molecule has 3 aromatic heterocycles. The number of H-pyrrole nitrogens is 1. The largest absolute Gasteiger partial charge is 0.476 e. The Morgan fingerprint density at radius 2 is 2.20 bits per heavy atom. The molecule has 5 rings (SSSR count). The number of aromatic amines is 1. The molecule has 1 aliphatic heterocycles. The molecule has 0 aromatic carbocycles. The van der Waals surface area contributed by atoms with Gasteiger partial charge in [0.2, 0.25) is 5.88 Å². The number of anilines is 2. The summed E-state index contributed by atoms with van der Waals surface area (Å²) in [5.74, 6) is 1.93. The number of amides is 1. The highest BCUT2D eigenvalue weighted by Gasteiger charge is 2.30. The summed E-state index contributed by atoms with van der Waals surface area (Å²) in [6, 6.07) is 2.07. The molecule has 3 aromatic rings. The lowest BCUT2D eigenvalue weighted by atomic mass is 10.0. The van der Waals surface area contributed by atoms with Crippen LogP contribution in [0.25, 0.3) is 10.9 Å². The average Bonchev–Trinajstić information content (AvgIpc) is 3.60. The third-order valence-electron chi connectivity index (χ3n) is 6.56. The van der Waals surface area contributed by atoms with Gasteiger partial charge in [-0.25, -0.2) is 4.79 Å². The minimum absolute atomic E-state index is 0.0591. The quantitative estimate of drug-likeness (QED) is 0.443. The van der Waals surface area contributed by atoms with Crippen molar-refractivity contribution in [3.05, 3.63) is 24.2 Å². The first-order valence-corrected chi connectivity index (χ1v) is 12.3. The molecule has 35 heavy (non-hydrogen) atoms. The van der Waals surface area contributed by atoms with Crippen LogP contribution in [0.3, 0.4) is 0 Å². The van der Waals surface area contributed by atoms with E-state index in [9.17, 15) is 4.79 Å². The molecule has 3 N–H and O–H groups in total. The van der Waals surface area contributed by atoms with Gasteiger partial charge in [-0.15, -0.1) is 5.10 Å². The van der Waals surface area contributed by atoms with E-state index < -0.39 is 0 Å². The maximum Gasteiger partial charge on any atom is 0.407 e. The number of rotatable bonds is 8. The normalized spacial score (nSPS) is 22.1. The van der Waals surface area contributed by atoms with Crippen LogP contribution >= 0.6 is 0 Å². The fourth-order valence-electron chi connectivity index (χ4n) is 4.81. The minimum Gasteiger partial charge on any atom is -0.476 e. The summed E-state index contributed by atoms with van der Waals surface area (Å²) in [4.78, 5) is 16.3. The van der Waals surface area contributed by atoms with Gasteiger partial charge in [0, 0.05) is 49.5 Å². The molecule has 4 heterocycles. The molecular weight excluding hydrogens is 450 g/mol. The van der Waals surface area contributed by atoms with Crippen LogP contribution in [0.5, 0.6) is 5.88 Å². The average molecular weight is 484 g/mol. The molecule has 188 valence electrons. The third kappa shape index (κ3) is 5.34. The number of ether oxygens (including phenoxy) is 3. The Labute approximate surface area is 203 Å². The molecule has 11 heteroatoms. The summed E-state index contributed by atoms with van der Waals surface area (Å²) < 4.78 is 18.8. The smallest absolute Gasteiger partial charge is 0.407 e. The van der Waals surface area contributed by atoms with Gasteiger partial charge in [0.05, 0.1) is 36.0 Å². The van der Waals surface area contributed by atoms with Crippen LogP contribution in [-0.2, 0) is 16.5 Å². The van der Waals surface area contributed by atoms with E-state index in [0.29, 0.717) is 24.2 Å². The molecule has 1 saturated heterocycles. The Morgan fingerprint density at radius 3 is 3.00 bits per heavy atom. The van der Waals surface area contributed by atoms with E-state index in [-0.39, 0.29) is 24.2 Å². The zero-order valence-corrected chi connectivity index (χ0v) is 20.4. The molecule has 11 nitrogen and oxygen atoms in total. The van der Waals surface area contributed by atoms with Crippen LogP contribution in [0.2, 0.25) is 0 Å². The molecule has 2 aliphatic rings. The van der Waals surface area contributed by atoms with E-state index in [2.05, 4.69) is 30.9 Å².